The topological polar surface area (TPSA) is 71.9 Å². The molecule has 7 heteroatoms. The fraction of sp³-hybridized carbons (Fsp3) is 0.471. The SMILES string of the molecule is Cc1cc(OCc2ccc(-c3c(C)nc(C)c([C@H](OC(C)(C)C)C(=O)O)c3N3CCC(C)(C)CC3)cc2)ccc1Cl. The van der Waals surface area contributed by atoms with E-state index >= 15 is 0 Å². The lowest BCUT2D eigenvalue weighted by Gasteiger charge is -2.41. The average Bonchev–Trinajstić information content (AvgIpc) is 2.88. The summed E-state index contributed by atoms with van der Waals surface area (Å²) in [5, 5.41) is 11.1. The molecule has 1 atom stereocenters. The quantitative estimate of drug-likeness (QED) is 0.289. The molecule has 6 nitrogen and oxygen atoms in total. The number of benzene rings is 2. The molecule has 220 valence electrons. The highest BCUT2D eigenvalue weighted by atomic mass is 35.5. The Balaban J connectivity index is 1.77. The number of ether oxygens (including phenoxy) is 2. The van der Waals surface area contributed by atoms with Crippen molar-refractivity contribution in [1.82, 2.24) is 4.98 Å². The number of pyridine rings is 1. The molecule has 41 heavy (non-hydrogen) atoms. The summed E-state index contributed by atoms with van der Waals surface area (Å²) in [6.45, 7) is 18.2. The molecule has 0 aliphatic carbocycles. The number of carboxylic acid groups (broad SMARTS) is 1. The molecule has 0 unspecified atom stereocenters. The summed E-state index contributed by atoms with van der Waals surface area (Å²) in [6, 6.07) is 13.9. The minimum atomic E-state index is -1.14. The van der Waals surface area contributed by atoms with E-state index in [0.717, 1.165) is 65.3 Å². The number of piperidine rings is 1. The van der Waals surface area contributed by atoms with Gasteiger partial charge >= 0.3 is 5.97 Å². The summed E-state index contributed by atoms with van der Waals surface area (Å²) in [4.78, 5) is 19.9. The molecule has 1 fully saturated rings. The van der Waals surface area contributed by atoms with Gasteiger partial charge in [0.25, 0.3) is 0 Å². The zero-order valence-electron chi connectivity index (χ0n) is 25.6. The van der Waals surface area contributed by atoms with Gasteiger partial charge in [0, 0.05) is 40.6 Å². The highest BCUT2D eigenvalue weighted by molar-refractivity contribution is 6.31. The molecule has 1 aromatic heterocycles. The van der Waals surface area contributed by atoms with Gasteiger partial charge in [0.2, 0.25) is 0 Å². The van der Waals surface area contributed by atoms with Crippen LogP contribution in [0.1, 0.15) is 81.6 Å². The normalized spacial score (nSPS) is 16.0. The second-order valence-electron chi connectivity index (χ2n) is 12.9. The Morgan fingerprint density at radius 3 is 2.24 bits per heavy atom. The molecule has 0 spiro atoms. The predicted molar refractivity (Wildman–Crippen MR) is 166 cm³/mol. The van der Waals surface area contributed by atoms with E-state index in [1.165, 1.54) is 0 Å². The summed E-state index contributed by atoms with van der Waals surface area (Å²) in [6.07, 6.45) is 0.900. The van der Waals surface area contributed by atoms with Crippen molar-refractivity contribution in [2.45, 2.75) is 86.5 Å². The van der Waals surface area contributed by atoms with Crippen molar-refractivity contribution >= 4 is 23.3 Å². The van der Waals surface area contributed by atoms with E-state index in [1.54, 1.807) is 0 Å². The lowest BCUT2D eigenvalue weighted by atomic mass is 9.81. The van der Waals surface area contributed by atoms with Crippen molar-refractivity contribution in [3.8, 4) is 16.9 Å². The van der Waals surface area contributed by atoms with Crippen LogP contribution in [-0.2, 0) is 16.1 Å². The second-order valence-corrected chi connectivity index (χ2v) is 13.3. The number of halogens is 1. The van der Waals surface area contributed by atoms with Crippen LogP contribution >= 0.6 is 11.6 Å². The van der Waals surface area contributed by atoms with Crippen molar-refractivity contribution in [3.05, 3.63) is 75.6 Å². The van der Waals surface area contributed by atoms with Crippen LogP contribution in [0.3, 0.4) is 0 Å². The number of anilines is 1. The first kappa shape index (κ1) is 30.9. The number of aryl methyl sites for hydroxylation is 3. The standard InChI is InChI=1S/C34H43ClN2O4/c1-21-19-26(13-14-27(21)35)40-20-24-9-11-25(12-10-24)28-22(2)36-23(3)29(31(32(38)39)41-33(4,5)6)30(28)37-17-15-34(7,8)16-18-37/h9-14,19,31H,15-18,20H2,1-8H3,(H,38,39)/t31-/m0/s1. The van der Waals surface area contributed by atoms with Crippen LogP contribution in [0.2, 0.25) is 5.02 Å². The lowest BCUT2D eigenvalue weighted by molar-refractivity contribution is -0.160. The highest BCUT2D eigenvalue weighted by Gasteiger charge is 2.36. The van der Waals surface area contributed by atoms with Crippen LogP contribution in [0.4, 0.5) is 5.69 Å². The third kappa shape index (κ3) is 7.41. The summed E-state index contributed by atoms with van der Waals surface area (Å²) in [5.74, 6) is -0.240. The summed E-state index contributed by atoms with van der Waals surface area (Å²) < 4.78 is 12.2. The monoisotopic (exact) mass is 578 g/mol. The van der Waals surface area contributed by atoms with Crippen LogP contribution in [-0.4, -0.2) is 34.8 Å². The summed E-state index contributed by atoms with van der Waals surface area (Å²) >= 11 is 6.15. The minimum absolute atomic E-state index is 0.242. The molecular weight excluding hydrogens is 536 g/mol. The Morgan fingerprint density at radius 2 is 1.68 bits per heavy atom. The number of carboxylic acids is 1. The van der Waals surface area contributed by atoms with Gasteiger partial charge in [-0.1, -0.05) is 49.7 Å². The molecule has 2 aromatic carbocycles. The second kappa shape index (κ2) is 12.0. The Bertz CT molecular complexity index is 1400. The maximum absolute atomic E-state index is 12.7. The van der Waals surface area contributed by atoms with E-state index in [1.807, 2.05) is 59.7 Å². The zero-order chi connectivity index (χ0) is 30.1. The molecule has 4 rings (SSSR count). The number of aliphatic carboxylic acids is 1. The summed E-state index contributed by atoms with van der Waals surface area (Å²) in [7, 11) is 0. The molecule has 0 amide bonds. The van der Waals surface area contributed by atoms with Gasteiger partial charge in [-0.3, -0.25) is 4.98 Å². The van der Waals surface area contributed by atoms with Crippen LogP contribution in [0.15, 0.2) is 42.5 Å². The highest BCUT2D eigenvalue weighted by Crippen LogP contribution is 2.44. The Morgan fingerprint density at radius 1 is 1.05 bits per heavy atom. The van der Waals surface area contributed by atoms with Crippen molar-refractivity contribution in [2.24, 2.45) is 5.41 Å². The van der Waals surface area contributed by atoms with Crippen LogP contribution in [0.25, 0.3) is 11.1 Å². The zero-order valence-corrected chi connectivity index (χ0v) is 26.4. The van der Waals surface area contributed by atoms with E-state index in [9.17, 15) is 9.90 Å². The number of hydrogen-bond acceptors (Lipinski definition) is 5. The first-order valence-corrected chi connectivity index (χ1v) is 14.7. The number of rotatable bonds is 8. The van der Waals surface area contributed by atoms with Crippen LogP contribution in [0.5, 0.6) is 5.75 Å². The van der Waals surface area contributed by atoms with Crippen LogP contribution < -0.4 is 9.64 Å². The van der Waals surface area contributed by atoms with E-state index in [4.69, 9.17) is 26.1 Å². The maximum atomic E-state index is 12.7. The number of nitrogens with zero attached hydrogens (tertiary/aromatic N) is 2. The van der Waals surface area contributed by atoms with E-state index in [2.05, 4.69) is 43.0 Å². The molecular formula is C34H43ClN2O4. The largest absolute Gasteiger partial charge is 0.489 e. The van der Waals surface area contributed by atoms with Gasteiger partial charge in [0.1, 0.15) is 12.4 Å². The molecule has 2 heterocycles. The number of carbonyl (C=O) groups is 1. The van der Waals surface area contributed by atoms with Crippen molar-refractivity contribution in [1.29, 1.82) is 0 Å². The van der Waals surface area contributed by atoms with Gasteiger partial charge in [-0.25, -0.2) is 4.79 Å². The minimum Gasteiger partial charge on any atom is -0.489 e. The smallest absolute Gasteiger partial charge is 0.337 e. The van der Waals surface area contributed by atoms with Crippen LogP contribution in [0, 0.1) is 26.2 Å². The summed E-state index contributed by atoms with van der Waals surface area (Å²) in [5.41, 5.74) is 6.65. The molecule has 1 aliphatic rings. The van der Waals surface area contributed by atoms with Crippen molar-refractivity contribution < 1.29 is 19.4 Å². The van der Waals surface area contributed by atoms with E-state index in [0.29, 0.717) is 22.9 Å². The molecule has 0 saturated carbocycles. The molecule has 0 bridgehead atoms. The molecule has 3 aromatic rings. The number of hydrogen-bond donors (Lipinski definition) is 1. The van der Waals surface area contributed by atoms with E-state index < -0.39 is 17.7 Å². The predicted octanol–water partition coefficient (Wildman–Crippen LogP) is 8.47. The number of aromatic nitrogens is 1. The van der Waals surface area contributed by atoms with Gasteiger partial charge < -0.3 is 19.5 Å². The third-order valence-corrected chi connectivity index (χ3v) is 8.17. The molecule has 0 radical (unpaired) electrons. The Hall–Kier alpha value is -3.09. The van der Waals surface area contributed by atoms with Crippen molar-refractivity contribution in [2.75, 3.05) is 18.0 Å². The first-order valence-electron chi connectivity index (χ1n) is 14.3. The van der Waals surface area contributed by atoms with Gasteiger partial charge in [-0.2, -0.15) is 0 Å². The molecule has 1 aliphatic heterocycles. The Kier molecular flexibility index (Phi) is 9.05. The lowest BCUT2D eigenvalue weighted by Crippen LogP contribution is -2.39. The first-order chi connectivity index (χ1) is 19.1. The fourth-order valence-corrected chi connectivity index (χ4v) is 5.51. The van der Waals surface area contributed by atoms with Gasteiger partial charge in [0.15, 0.2) is 6.10 Å². The van der Waals surface area contributed by atoms with Gasteiger partial charge in [-0.15, -0.1) is 0 Å². The fourth-order valence-electron chi connectivity index (χ4n) is 5.40. The molecule has 1 N–H and O–H groups in total. The Labute approximate surface area is 249 Å². The third-order valence-electron chi connectivity index (χ3n) is 7.75. The van der Waals surface area contributed by atoms with Gasteiger partial charge in [-0.05, 0) is 94.7 Å². The average molecular weight is 579 g/mol. The maximum Gasteiger partial charge on any atom is 0.337 e. The van der Waals surface area contributed by atoms with Gasteiger partial charge in [0.05, 0.1) is 11.3 Å². The van der Waals surface area contributed by atoms with Crippen molar-refractivity contribution in [3.63, 3.8) is 0 Å². The van der Waals surface area contributed by atoms with E-state index in [-0.39, 0.29) is 5.41 Å². The molecule has 1 saturated heterocycles.